The smallest absolute Gasteiger partial charge is 0.319 e. The van der Waals surface area contributed by atoms with E-state index in [0.717, 1.165) is 12.1 Å². The van der Waals surface area contributed by atoms with Crippen LogP contribution in [0.15, 0.2) is 18.2 Å². The van der Waals surface area contributed by atoms with Gasteiger partial charge < -0.3 is 10.6 Å². The third kappa shape index (κ3) is 5.78. The molecule has 0 heterocycles. The Morgan fingerprint density at radius 3 is 2.68 bits per heavy atom. The van der Waals surface area contributed by atoms with E-state index >= 15 is 0 Å². The first-order valence-corrected chi connectivity index (χ1v) is 7.44. The highest BCUT2D eigenvalue weighted by molar-refractivity contribution is 7.84. The SMILES string of the molecule is C[C@@H](CC[S@](C)=O)NC(=O)Nc1ccc(F)cc1F. The van der Waals surface area contributed by atoms with Crippen molar-refractivity contribution in [1.82, 2.24) is 5.32 Å². The van der Waals surface area contributed by atoms with Gasteiger partial charge in [-0.05, 0) is 25.5 Å². The molecule has 0 bridgehead atoms. The van der Waals surface area contributed by atoms with Crippen LogP contribution in [-0.2, 0) is 10.8 Å². The van der Waals surface area contributed by atoms with E-state index in [1.807, 2.05) is 0 Å². The van der Waals surface area contributed by atoms with Crippen molar-refractivity contribution in [2.24, 2.45) is 0 Å². The van der Waals surface area contributed by atoms with Gasteiger partial charge in [-0.15, -0.1) is 0 Å². The fourth-order valence-electron chi connectivity index (χ4n) is 1.39. The number of urea groups is 1. The van der Waals surface area contributed by atoms with E-state index in [9.17, 15) is 17.8 Å². The monoisotopic (exact) mass is 290 g/mol. The molecule has 0 saturated heterocycles. The fourth-order valence-corrected chi connectivity index (χ4v) is 2.07. The van der Waals surface area contributed by atoms with Gasteiger partial charge in [0.1, 0.15) is 11.6 Å². The highest BCUT2D eigenvalue weighted by Gasteiger charge is 2.10. The Morgan fingerprint density at radius 1 is 1.42 bits per heavy atom. The Morgan fingerprint density at radius 2 is 2.11 bits per heavy atom. The summed E-state index contributed by atoms with van der Waals surface area (Å²) in [5.41, 5.74) is -0.0924. The Balaban J connectivity index is 2.48. The lowest BCUT2D eigenvalue weighted by Crippen LogP contribution is -2.37. The van der Waals surface area contributed by atoms with Crippen molar-refractivity contribution in [3.8, 4) is 0 Å². The zero-order chi connectivity index (χ0) is 14.4. The zero-order valence-corrected chi connectivity index (χ0v) is 11.5. The van der Waals surface area contributed by atoms with Crippen molar-refractivity contribution in [3.63, 3.8) is 0 Å². The number of amides is 2. The second-order valence-electron chi connectivity index (χ2n) is 4.19. The second-order valence-corrected chi connectivity index (χ2v) is 5.74. The van der Waals surface area contributed by atoms with E-state index in [0.29, 0.717) is 18.2 Å². The van der Waals surface area contributed by atoms with Crippen molar-refractivity contribution >= 4 is 22.5 Å². The predicted molar refractivity (Wildman–Crippen MR) is 71.5 cm³/mol. The van der Waals surface area contributed by atoms with Crippen LogP contribution in [0, 0.1) is 11.6 Å². The molecule has 0 aliphatic heterocycles. The quantitative estimate of drug-likeness (QED) is 0.874. The number of rotatable bonds is 5. The van der Waals surface area contributed by atoms with Crippen LogP contribution < -0.4 is 10.6 Å². The predicted octanol–water partition coefficient (Wildman–Crippen LogP) is 2.24. The molecule has 2 amide bonds. The molecular weight excluding hydrogens is 274 g/mol. The van der Waals surface area contributed by atoms with Crippen LogP contribution in [0.2, 0.25) is 0 Å². The first kappa shape index (κ1) is 15.6. The average Bonchev–Trinajstić information content (AvgIpc) is 2.30. The van der Waals surface area contributed by atoms with Gasteiger partial charge in [0.25, 0.3) is 0 Å². The molecule has 106 valence electrons. The van der Waals surface area contributed by atoms with Crippen LogP contribution in [0.5, 0.6) is 0 Å². The molecule has 4 nitrogen and oxygen atoms in total. The third-order valence-corrected chi connectivity index (χ3v) is 3.21. The minimum atomic E-state index is -0.919. The summed E-state index contributed by atoms with van der Waals surface area (Å²) in [7, 11) is -0.919. The van der Waals surface area contributed by atoms with E-state index in [4.69, 9.17) is 0 Å². The number of anilines is 1. The van der Waals surface area contributed by atoms with Crippen molar-refractivity contribution in [2.75, 3.05) is 17.3 Å². The number of hydrogen-bond acceptors (Lipinski definition) is 2. The summed E-state index contributed by atoms with van der Waals surface area (Å²) in [4.78, 5) is 11.5. The molecule has 0 saturated carbocycles. The summed E-state index contributed by atoms with van der Waals surface area (Å²) in [5.74, 6) is -1.06. The Bertz CT molecular complexity index is 483. The number of hydrogen-bond donors (Lipinski definition) is 2. The molecule has 2 N–H and O–H groups in total. The standard InChI is InChI=1S/C12H16F2N2O2S/c1-8(5-6-19(2)18)15-12(17)16-11-4-3-9(13)7-10(11)14/h3-4,7-8H,5-6H2,1-2H3,(H2,15,16,17)/t8-,19-/m0/s1. The maximum Gasteiger partial charge on any atom is 0.319 e. The average molecular weight is 290 g/mol. The topological polar surface area (TPSA) is 58.2 Å². The number of halogens is 2. The van der Waals surface area contributed by atoms with E-state index in [1.165, 1.54) is 0 Å². The summed E-state index contributed by atoms with van der Waals surface area (Å²) in [6, 6.07) is 2.13. The molecule has 0 radical (unpaired) electrons. The normalized spacial score (nSPS) is 13.7. The second kappa shape index (κ2) is 7.18. The molecular formula is C12H16F2N2O2S. The van der Waals surface area contributed by atoms with E-state index in [-0.39, 0.29) is 11.7 Å². The molecule has 1 aromatic carbocycles. The van der Waals surface area contributed by atoms with Gasteiger partial charge in [-0.2, -0.15) is 0 Å². The minimum absolute atomic E-state index is 0.0924. The summed E-state index contributed by atoms with van der Waals surface area (Å²) in [6.45, 7) is 1.76. The van der Waals surface area contributed by atoms with Gasteiger partial charge in [-0.3, -0.25) is 4.21 Å². The Kier molecular flexibility index (Phi) is 5.88. The maximum atomic E-state index is 13.3. The van der Waals surface area contributed by atoms with Gasteiger partial charge in [0, 0.05) is 34.9 Å². The Labute approximate surface area is 113 Å². The first-order valence-electron chi connectivity index (χ1n) is 5.71. The van der Waals surface area contributed by atoms with E-state index < -0.39 is 28.5 Å². The molecule has 0 spiro atoms. The molecule has 0 aliphatic rings. The molecule has 0 fully saturated rings. The summed E-state index contributed by atoms with van der Waals surface area (Å²) in [6.07, 6.45) is 2.14. The lowest BCUT2D eigenvalue weighted by molar-refractivity contribution is 0.249. The van der Waals surface area contributed by atoms with E-state index in [1.54, 1.807) is 13.2 Å². The molecule has 2 atom stereocenters. The molecule has 1 rings (SSSR count). The van der Waals surface area contributed by atoms with Crippen LogP contribution in [0.1, 0.15) is 13.3 Å². The summed E-state index contributed by atoms with van der Waals surface area (Å²) < 4.78 is 36.9. The largest absolute Gasteiger partial charge is 0.335 e. The molecule has 1 aromatic rings. The first-order chi connectivity index (χ1) is 8.88. The summed E-state index contributed by atoms with van der Waals surface area (Å²) >= 11 is 0. The number of carbonyl (C=O) groups is 1. The van der Waals surface area contributed by atoms with Crippen LogP contribution >= 0.6 is 0 Å². The van der Waals surface area contributed by atoms with Crippen LogP contribution in [0.3, 0.4) is 0 Å². The maximum absolute atomic E-state index is 13.3. The molecule has 19 heavy (non-hydrogen) atoms. The van der Waals surface area contributed by atoms with Gasteiger partial charge >= 0.3 is 6.03 Å². The molecule has 0 aromatic heterocycles. The third-order valence-electron chi connectivity index (χ3n) is 2.40. The van der Waals surface area contributed by atoms with Crippen molar-refractivity contribution in [1.29, 1.82) is 0 Å². The van der Waals surface area contributed by atoms with Crippen molar-refractivity contribution in [3.05, 3.63) is 29.8 Å². The molecule has 0 unspecified atom stereocenters. The van der Waals surface area contributed by atoms with Crippen LogP contribution in [0.4, 0.5) is 19.3 Å². The zero-order valence-electron chi connectivity index (χ0n) is 10.7. The van der Waals surface area contributed by atoms with Gasteiger partial charge in [0.15, 0.2) is 0 Å². The van der Waals surface area contributed by atoms with Crippen molar-refractivity contribution in [2.45, 2.75) is 19.4 Å². The Hall–Kier alpha value is -1.50. The summed E-state index contributed by atoms with van der Waals surface area (Å²) in [5, 5.41) is 4.87. The van der Waals surface area contributed by atoms with Crippen LogP contribution in [-0.4, -0.2) is 28.3 Å². The molecule has 7 heteroatoms. The van der Waals surface area contributed by atoms with Gasteiger partial charge in [-0.1, -0.05) is 0 Å². The number of nitrogens with one attached hydrogen (secondary N) is 2. The van der Waals surface area contributed by atoms with Gasteiger partial charge in [-0.25, -0.2) is 13.6 Å². The highest BCUT2D eigenvalue weighted by atomic mass is 32.2. The van der Waals surface area contributed by atoms with Gasteiger partial charge in [0.05, 0.1) is 5.69 Å². The van der Waals surface area contributed by atoms with E-state index in [2.05, 4.69) is 10.6 Å². The lowest BCUT2D eigenvalue weighted by Gasteiger charge is -2.14. The fraction of sp³-hybridized carbons (Fsp3) is 0.417. The number of benzene rings is 1. The number of carbonyl (C=O) groups excluding carboxylic acids is 1. The molecule has 0 aliphatic carbocycles. The minimum Gasteiger partial charge on any atom is -0.335 e. The van der Waals surface area contributed by atoms with Crippen molar-refractivity contribution < 1.29 is 17.8 Å². The van der Waals surface area contributed by atoms with Gasteiger partial charge in [0.2, 0.25) is 0 Å². The highest BCUT2D eigenvalue weighted by Crippen LogP contribution is 2.14. The van der Waals surface area contributed by atoms with Crippen LogP contribution in [0.25, 0.3) is 0 Å². The lowest BCUT2D eigenvalue weighted by atomic mass is 10.2.